The number of hydrogen-bond donors (Lipinski definition) is 1. The van der Waals surface area contributed by atoms with Gasteiger partial charge in [0, 0.05) is 12.6 Å². The molecule has 106 valence electrons. The van der Waals surface area contributed by atoms with Gasteiger partial charge in [0.25, 0.3) is 0 Å². The van der Waals surface area contributed by atoms with Gasteiger partial charge in [0.15, 0.2) is 0 Å². The van der Waals surface area contributed by atoms with Gasteiger partial charge in [-0.05, 0) is 27.7 Å². The average Bonchev–Trinajstić information content (AvgIpc) is 2.48. The fraction of sp³-hybridized carbons (Fsp3) is 0.583. The van der Waals surface area contributed by atoms with Gasteiger partial charge in [-0.3, -0.25) is 4.68 Å². The molecule has 0 saturated heterocycles. The number of aromatic nitrogens is 2. The Labute approximate surface area is 117 Å². The van der Waals surface area contributed by atoms with Crippen LogP contribution in [-0.4, -0.2) is 27.8 Å². The standard InChI is InChI=1S/C12H18ClN3O3/c1-7-9(10(13)16(5)15-7)8(6-17)14-11(18)19-12(2,3)4/h6,8H,1-5H3,(H,14,18). The van der Waals surface area contributed by atoms with Crippen molar-refractivity contribution >= 4 is 24.0 Å². The van der Waals surface area contributed by atoms with Crippen LogP contribution < -0.4 is 5.32 Å². The number of aldehydes is 1. The molecule has 1 atom stereocenters. The Morgan fingerprint density at radius 3 is 2.47 bits per heavy atom. The van der Waals surface area contributed by atoms with E-state index in [1.54, 1.807) is 34.7 Å². The van der Waals surface area contributed by atoms with E-state index >= 15 is 0 Å². The molecule has 1 heterocycles. The summed E-state index contributed by atoms with van der Waals surface area (Å²) in [5.74, 6) is 0. The molecule has 0 spiro atoms. The van der Waals surface area contributed by atoms with Gasteiger partial charge in [-0.2, -0.15) is 5.10 Å². The minimum Gasteiger partial charge on any atom is -0.444 e. The Morgan fingerprint density at radius 2 is 2.11 bits per heavy atom. The third-order valence-electron chi connectivity index (χ3n) is 2.32. The molecule has 1 aromatic rings. The lowest BCUT2D eigenvalue weighted by atomic mass is 10.1. The number of halogens is 1. The lowest BCUT2D eigenvalue weighted by molar-refractivity contribution is -0.109. The van der Waals surface area contributed by atoms with Gasteiger partial charge in [-0.15, -0.1) is 0 Å². The maximum atomic E-state index is 11.7. The van der Waals surface area contributed by atoms with E-state index in [2.05, 4.69) is 10.4 Å². The van der Waals surface area contributed by atoms with Crippen LogP contribution in [0, 0.1) is 6.92 Å². The molecular weight excluding hydrogens is 270 g/mol. The summed E-state index contributed by atoms with van der Waals surface area (Å²) in [5.41, 5.74) is 0.427. The molecular formula is C12H18ClN3O3. The van der Waals surface area contributed by atoms with Crippen molar-refractivity contribution < 1.29 is 14.3 Å². The van der Waals surface area contributed by atoms with E-state index in [-0.39, 0.29) is 0 Å². The zero-order valence-electron chi connectivity index (χ0n) is 11.7. The molecule has 19 heavy (non-hydrogen) atoms. The molecule has 6 nitrogen and oxygen atoms in total. The molecule has 0 aliphatic heterocycles. The lowest BCUT2D eigenvalue weighted by Crippen LogP contribution is -2.35. The summed E-state index contributed by atoms with van der Waals surface area (Å²) < 4.78 is 6.54. The number of aryl methyl sites for hydroxylation is 2. The summed E-state index contributed by atoms with van der Waals surface area (Å²) >= 11 is 6.05. The van der Waals surface area contributed by atoms with Crippen LogP contribution in [0.15, 0.2) is 0 Å². The molecule has 1 rings (SSSR count). The second-order valence-electron chi connectivity index (χ2n) is 5.17. The zero-order valence-corrected chi connectivity index (χ0v) is 12.4. The lowest BCUT2D eigenvalue weighted by Gasteiger charge is -2.21. The minimum absolute atomic E-state index is 0.311. The first-order valence-corrected chi connectivity index (χ1v) is 6.17. The van der Waals surface area contributed by atoms with Crippen molar-refractivity contribution in [3.05, 3.63) is 16.4 Å². The maximum absolute atomic E-state index is 11.7. The van der Waals surface area contributed by atoms with Crippen LogP contribution in [0.4, 0.5) is 4.79 Å². The van der Waals surface area contributed by atoms with E-state index in [9.17, 15) is 9.59 Å². The van der Waals surface area contributed by atoms with Crippen LogP contribution in [0.1, 0.15) is 38.1 Å². The number of nitrogens with one attached hydrogen (secondary N) is 1. The Hall–Kier alpha value is -1.56. The van der Waals surface area contributed by atoms with E-state index in [0.29, 0.717) is 22.7 Å². The van der Waals surface area contributed by atoms with Gasteiger partial charge >= 0.3 is 6.09 Å². The number of hydrogen-bond acceptors (Lipinski definition) is 4. The van der Waals surface area contributed by atoms with E-state index < -0.39 is 17.7 Å². The van der Waals surface area contributed by atoms with Crippen LogP contribution in [0.3, 0.4) is 0 Å². The SMILES string of the molecule is Cc1nn(C)c(Cl)c1C(C=O)NC(=O)OC(C)(C)C. The number of ether oxygens (including phenoxy) is 1. The van der Waals surface area contributed by atoms with E-state index in [0.717, 1.165) is 0 Å². The quantitative estimate of drug-likeness (QED) is 0.865. The molecule has 1 N–H and O–H groups in total. The summed E-state index contributed by atoms with van der Waals surface area (Å²) in [5, 5.41) is 6.87. The topological polar surface area (TPSA) is 73.2 Å². The Morgan fingerprint density at radius 1 is 1.53 bits per heavy atom. The van der Waals surface area contributed by atoms with Crippen molar-refractivity contribution in [3.8, 4) is 0 Å². The summed E-state index contributed by atoms with van der Waals surface area (Å²) in [6.45, 7) is 6.94. The molecule has 0 aliphatic rings. The Balaban J connectivity index is 2.90. The van der Waals surface area contributed by atoms with Gasteiger partial charge in [0.1, 0.15) is 23.1 Å². The second-order valence-corrected chi connectivity index (χ2v) is 5.53. The van der Waals surface area contributed by atoms with Crippen molar-refractivity contribution in [1.82, 2.24) is 15.1 Å². The number of amides is 1. The fourth-order valence-electron chi connectivity index (χ4n) is 1.61. The predicted octanol–water partition coefficient (Wildman–Crippen LogP) is 2.15. The van der Waals surface area contributed by atoms with Crippen LogP contribution in [0.2, 0.25) is 5.15 Å². The highest BCUT2D eigenvalue weighted by Crippen LogP contribution is 2.25. The molecule has 1 unspecified atom stereocenters. The van der Waals surface area contributed by atoms with Gasteiger partial charge in [0.2, 0.25) is 0 Å². The van der Waals surface area contributed by atoms with Crippen molar-refractivity contribution in [2.75, 3.05) is 0 Å². The third kappa shape index (κ3) is 3.96. The first-order chi connectivity index (χ1) is 8.65. The van der Waals surface area contributed by atoms with Gasteiger partial charge in [-0.1, -0.05) is 11.6 Å². The predicted molar refractivity (Wildman–Crippen MR) is 71.1 cm³/mol. The molecule has 0 fully saturated rings. The smallest absolute Gasteiger partial charge is 0.408 e. The number of rotatable bonds is 3. The van der Waals surface area contributed by atoms with Crippen LogP contribution in [0.25, 0.3) is 0 Å². The van der Waals surface area contributed by atoms with Crippen LogP contribution >= 0.6 is 11.6 Å². The Kier molecular flexibility index (Phi) is 4.57. The highest BCUT2D eigenvalue weighted by atomic mass is 35.5. The highest BCUT2D eigenvalue weighted by Gasteiger charge is 2.25. The molecule has 0 bridgehead atoms. The number of carbonyl (C=O) groups excluding carboxylic acids is 2. The van der Waals surface area contributed by atoms with Gasteiger partial charge in [0.05, 0.1) is 5.69 Å². The first-order valence-electron chi connectivity index (χ1n) is 5.79. The normalized spacial score (nSPS) is 12.9. The van der Waals surface area contributed by atoms with Gasteiger partial charge in [-0.25, -0.2) is 4.79 Å². The number of alkyl carbamates (subject to hydrolysis) is 1. The second kappa shape index (κ2) is 5.61. The van der Waals surface area contributed by atoms with Crippen molar-refractivity contribution in [2.24, 2.45) is 7.05 Å². The first kappa shape index (κ1) is 15.5. The average molecular weight is 288 g/mol. The maximum Gasteiger partial charge on any atom is 0.408 e. The van der Waals surface area contributed by atoms with Crippen molar-refractivity contribution in [2.45, 2.75) is 39.3 Å². The number of nitrogens with zero attached hydrogens (tertiary/aromatic N) is 2. The highest BCUT2D eigenvalue weighted by molar-refractivity contribution is 6.30. The van der Waals surface area contributed by atoms with Gasteiger partial charge < -0.3 is 14.8 Å². The third-order valence-corrected chi connectivity index (χ3v) is 2.76. The van der Waals surface area contributed by atoms with E-state index in [1.807, 2.05) is 0 Å². The largest absolute Gasteiger partial charge is 0.444 e. The Bertz CT molecular complexity index is 491. The fourth-order valence-corrected chi connectivity index (χ4v) is 1.90. The van der Waals surface area contributed by atoms with Crippen LogP contribution in [-0.2, 0) is 16.6 Å². The van der Waals surface area contributed by atoms with E-state index in [1.165, 1.54) is 4.68 Å². The van der Waals surface area contributed by atoms with Crippen LogP contribution in [0.5, 0.6) is 0 Å². The minimum atomic E-state index is -0.879. The zero-order chi connectivity index (χ0) is 14.8. The molecule has 0 radical (unpaired) electrons. The molecule has 0 aromatic carbocycles. The van der Waals surface area contributed by atoms with Crippen molar-refractivity contribution in [1.29, 1.82) is 0 Å². The molecule has 1 aromatic heterocycles. The number of carbonyl (C=O) groups is 2. The molecule has 0 aliphatic carbocycles. The summed E-state index contributed by atoms with van der Waals surface area (Å²) in [6.07, 6.45) is -0.0799. The summed E-state index contributed by atoms with van der Waals surface area (Å²) in [7, 11) is 1.66. The molecule has 1 amide bonds. The molecule has 0 saturated carbocycles. The monoisotopic (exact) mass is 287 g/mol. The summed E-state index contributed by atoms with van der Waals surface area (Å²) in [6, 6.07) is -0.879. The van der Waals surface area contributed by atoms with E-state index in [4.69, 9.17) is 16.3 Å². The van der Waals surface area contributed by atoms with Crippen molar-refractivity contribution in [3.63, 3.8) is 0 Å². The summed E-state index contributed by atoms with van der Waals surface area (Å²) in [4.78, 5) is 22.8. The molecule has 7 heteroatoms.